The molecule has 1 amide bonds. The maximum atomic E-state index is 12.0. The van der Waals surface area contributed by atoms with Gasteiger partial charge in [0.1, 0.15) is 5.56 Å². The Morgan fingerprint density at radius 3 is 2.64 bits per heavy atom. The third kappa shape index (κ3) is 4.54. The Hall–Kier alpha value is -2.93. The van der Waals surface area contributed by atoms with Gasteiger partial charge in [-0.25, -0.2) is 4.79 Å². The van der Waals surface area contributed by atoms with Crippen LogP contribution in [-0.2, 0) is 9.53 Å². The molecule has 0 saturated carbocycles. The highest BCUT2D eigenvalue weighted by Gasteiger charge is 2.22. The van der Waals surface area contributed by atoms with E-state index < -0.39 is 29.1 Å². The quantitative estimate of drug-likeness (QED) is 0.497. The molecule has 0 aromatic heterocycles. The van der Waals surface area contributed by atoms with Crippen molar-refractivity contribution < 1.29 is 19.2 Å². The molecule has 7 nitrogen and oxygen atoms in total. The number of hydrogen-bond donors (Lipinski definition) is 1. The van der Waals surface area contributed by atoms with Crippen LogP contribution in [0.4, 0.5) is 11.4 Å². The third-order valence-corrected chi connectivity index (χ3v) is 3.82. The summed E-state index contributed by atoms with van der Waals surface area (Å²) >= 11 is 5.76. The minimum absolute atomic E-state index is 0.150. The van der Waals surface area contributed by atoms with Gasteiger partial charge in [-0.3, -0.25) is 14.9 Å². The maximum Gasteiger partial charge on any atom is 0.345 e. The number of carbonyl (C=O) groups excluding carboxylic acids is 2. The van der Waals surface area contributed by atoms with Crippen molar-refractivity contribution in [2.24, 2.45) is 0 Å². The number of nitrogens with one attached hydrogen (secondary N) is 1. The van der Waals surface area contributed by atoms with E-state index in [9.17, 15) is 19.7 Å². The molecule has 0 spiro atoms. The molecule has 2 aromatic carbocycles. The summed E-state index contributed by atoms with van der Waals surface area (Å²) in [6, 6.07) is 8.95. The molecule has 8 heteroatoms. The van der Waals surface area contributed by atoms with Crippen molar-refractivity contribution in [1.29, 1.82) is 0 Å². The molecular formula is C17H15ClN2O5. The van der Waals surface area contributed by atoms with Crippen LogP contribution in [0.5, 0.6) is 0 Å². The predicted molar refractivity (Wildman–Crippen MR) is 92.9 cm³/mol. The summed E-state index contributed by atoms with van der Waals surface area (Å²) in [4.78, 5) is 34.2. The van der Waals surface area contributed by atoms with Crippen LogP contribution in [0.3, 0.4) is 0 Å². The molecule has 2 rings (SSSR count). The summed E-state index contributed by atoms with van der Waals surface area (Å²) in [5.41, 5.74) is 1.76. The van der Waals surface area contributed by atoms with Crippen LogP contribution in [-0.4, -0.2) is 23.4 Å². The minimum atomic E-state index is -0.995. The highest BCUT2D eigenvalue weighted by molar-refractivity contribution is 6.31. The number of benzene rings is 2. The largest absolute Gasteiger partial charge is 0.452 e. The number of nitro groups is 1. The highest BCUT2D eigenvalue weighted by atomic mass is 35.5. The zero-order chi connectivity index (χ0) is 18.6. The molecule has 0 unspecified atom stereocenters. The second kappa shape index (κ2) is 7.76. The molecule has 0 aliphatic carbocycles. The number of ether oxygens (including phenoxy) is 1. The lowest BCUT2D eigenvalue weighted by Gasteiger charge is -2.10. The Kier molecular flexibility index (Phi) is 5.71. The standard InChI is InChI=1S/C17H15ClN2O5/c1-10-4-3-5-14(11(10)2)19-16(21)9-25-17(22)13-8-12(18)6-7-15(13)20(23)24/h3-8H,9H2,1-2H3,(H,19,21). The molecule has 0 aliphatic rings. The Bertz CT molecular complexity index is 851. The molecule has 0 aliphatic heterocycles. The topological polar surface area (TPSA) is 98.5 Å². The molecule has 0 atom stereocenters. The van der Waals surface area contributed by atoms with Crippen LogP contribution in [0.25, 0.3) is 0 Å². The van der Waals surface area contributed by atoms with E-state index in [-0.39, 0.29) is 10.6 Å². The molecule has 2 aromatic rings. The van der Waals surface area contributed by atoms with Crippen molar-refractivity contribution >= 4 is 34.9 Å². The molecule has 1 N–H and O–H groups in total. The lowest BCUT2D eigenvalue weighted by molar-refractivity contribution is -0.385. The number of amides is 1. The lowest BCUT2D eigenvalue weighted by atomic mass is 10.1. The van der Waals surface area contributed by atoms with E-state index in [1.807, 2.05) is 19.9 Å². The first-order valence-corrected chi connectivity index (χ1v) is 7.64. The fourth-order valence-corrected chi connectivity index (χ4v) is 2.28. The first kappa shape index (κ1) is 18.4. The van der Waals surface area contributed by atoms with Crippen LogP contribution >= 0.6 is 11.6 Å². The molecule has 0 heterocycles. The summed E-state index contributed by atoms with van der Waals surface area (Å²) in [5.74, 6) is -1.54. The van der Waals surface area contributed by atoms with Gasteiger partial charge in [0, 0.05) is 16.8 Å². The molecule has 0 radical (unpaired) electrons. The van der Waals surface area contributed by atoms with Gasteiger partial charge in [0.15, 0.2) is 6.61 Å². The van der Waals surface area contributed by atoms with Gasteiger partial charge >= 0.3 is 5.97 Å². The van der Waals surface area contributed by atoms with Gasteiger partial charge < -0.3 is 10.1 Å². The molecule has 0 saturated heterocycles. The second-order valence-electron chi connectivity index (χ2n) is 5.29. The zero-order valence-corrected chi connectivity index (χ0v) is 14.3. The number of esters is 1. The number of hydrogen-bond acceptors (Lipinski definition) is 5. The van der Waals surface area contributed by atoms with E-state index in [1.165, 1.54) is 6.07 Å². The fraction of sp³-hybridized carbons (Fsp3) is 0.176. The van der Waals surface area contributed by atoms with Gasteiger partial charge in [-0.15, -0.1) is 0 Å². The van der Waals surface area contributed by atoms with E-state index in [1.54, 1.807) is 12.1 Å². The molecule has 130 valence electrons. The number of nitro benzene ring substituents is 1. The number of halogens is 1. The number of anilines is 1. The van der Waals surface area contributed by atoms with Crippen LogP contribution in [0, 0.1) is 24.0 Å². The predicted octanol–water partition coefficient (Wildman–Crippen LogP) is 3.66. The van der Waals surface area contributed by atoms with Crippen molar-refractivity contribution in [1.82, 2.24) is 0 Å². The first-order chi connectivity index (χ1) is 11.8. The molecule has 0 fully saturated rings. The van der Waals surface area contributed by atoms with Crippen molar-refractivity contribution in [3.63, 3.8) is 0 Å². The summed E-state index contributed by atoms with van der Waals surface area (Å²) in [5, 5.41) is 13.7. The van der Waals surface area contributed by atoms with Gasteiger partial charge in [0.25, 0.3) is 11.6 Å². The van der Waals surface area contributed by atoms with Crippen molar-refractivity contribution in [2.75, 3.05) is 11.9 Å². The van der Waals surface area contributed by atoms with Crippen LogP contribution in [0.15, 0.2) is 36.4 Å². The average molecular weight is 363 g/mol. The Balaban J connectivity index is 2.05. The van der Waals surface area contributed by atoms with Gasteiger partial charge in [-0.05, 0) is 43.2 Å². The molecular weight excluding hydrogens is 348 g/mol. The summed E-state index contributed by atoms with van der Waals surface area (Å²) in [6.45, 7) is 3.19. The first-order valence-electron chi connectivity index (χ1n) is 7.26. The zero-order valence-electron chi connectivity index (χ0n) is 13.5. The van der Waals surface area contributed by atoms with E-state index in [2.05, 4.69) is 5.32 Å². The summed E-state index contributed by atoms with van der Waals surface area (Å²) < 4.78 is 4.86. The average Bonchev–Trinajstić information content (AvgIpc) is 2.56. The monoisotopic (exact) mass is 362 g/mol. The van der Waals surface area contributed by atoms with E-state index in [4.69, 9.17) is 16.3 Å². The van der Waals surface area contributed by atoms with Crippen LogP contribution < -0.4 is 5.32 Å². The van der Waals surface area contributed by atoms with Crippen molar-refractivity contribution in [2.45, 2.75) is 13.8 Å². The normalized spacial score (nSPS) is 10.2. The van der Waals surface area contributed by atoms with E-state index in [0.29, 0.717) is 5.69 Å². The Morgan fingerprint density at radius 1 is 1.24 bits per heavy atom. The lowest BCUT2D eigenvalue weighted by Crippen LogP contribution is -2.21. The smallest absolute Gasteiger partial charge is 0.345 e. The number of rotatable bonds is 5. The fourth-order valence-electron chi connectivity index (χ4n) is 2.11. The van der Waals surface area contributed by atoms with Gasteiger partial charge in [-0.1, -0.05) is 23.7 Å². The SMILES string of the molecule is Cc1cccc(NC(=O)COC(=O)c2cc(Cl)ccc2[N+](=O)[O-])c1C. The summed E-state index contributed by atoms with van der Waals surface area (Å²) in [6.07, 6.45) is 0. The highest BCUT2D eigenvalue weighted by Crippen LogP contribution is 2.23. The van der Waals surface area contributed by atoms with Gasteiger partial charge in [0.05, 0.1) is 4.92 Å². The van der Waals surface area contributed by atoms with Crippen LogP contribution in [0.1, 0.15) is 21.5 Å². The van der Waals surface area contributed by atoms with E-state index in [0.717, 1.165) is 23.3 Å². The number of nitrogens with zero attached hydrogens (tertiary/aromatic N) is 1. The van der Waals surface area contributed by atoms with Gasteiger partial charge in [-0.2, -0.15) is 0 Å². The molecule has 0 bridgehead atoms. The van der Waals surface area contributed by atoms with Crippen molar-refractivity contribution in [3.05, 3.63) is 68.2 Å². The van der Waals surface area contributed by atoms with Crippen molar-refractivity contribution in [3.8, 4) is 0 Å². The minimum Gasteiger partial charge on any atom is -0.452 e. The number of aryl methyl sites for hydroxylation is 1. The Labute approximate surface area is 148 Å². The van der Waals surface area contributed by atoms with Crippen LogP contribution in [0.2, 0.25) is 5.02 Å². The Morgan fingerprint density at radius 2 is 1.96 bits per heavy atom. The second-order valence-corrected chi connectivity index (χ2v) is 5.73. The van der Waals surface area contributed by atoms with Gasteiger partial charge in [0.2, 0.25) is 0 Å². The summed E-state index contributed by atoms with van der Waals surface area (Å²) in [7, 11) is 0. The maximum absolute atomic E-state index is 12.0. The van der Waals surface area contributed by atoms with E-state index >= 15 is 0 Å². The molecule has 25 heavy (non-hydrogen) atoms. The third-order valence-electron chi connectivity index (χ3n) is 3.59. The number of carbonyl (C=O) groups is 2.